The van der Waals surface area contributed by atoms with Crippen molar-refractivity contribution in [3.63, 3.8) is 0 Å². The fourth-order valence-electron chi connectivity index (χ4n) is 3.20. The van der Waals surface area contributed by atoms with Crippen LogP contribution in [0.1, 0.15) is 20.8 Å². The summed E-state index contributed by atoms with van der Waals surface area (Å²) in [6.45, 7) is 6.72. The monoisotopic (exact) mass is 275 g/mol. The highest BCUT2D eigenvalue weighted by atomic mass is 16.5. The molecule has 1 N–H and O–H groups in total. The van der Waals surface area contributed by atoms with Crippen molar-refractivity contribution in [2.24, 2.45) is 16.3 Å². The van der Waals surface area contributed by atoms with Crippen molar-refractivity contribution in [3.8, 4) is 0 Å². The van der Waals surface area contributed by atoms with Crippen LogP contribution in [-0.2, 0) is 9.47 Å². The van der Waals surface area contributed by atoms with E-state index in [1.54, 1.807) is 7.11 Å². The lowest BCUT2D eigenvalue weighted by Crippen LogP contribution is -2.39. The lowest BCUT2D eigenvalue weighted by Gasteiger charge is -2.38. The smallest absolute Gasteiger partial charge is 0.213 e. The number of methoxy groups -OCH3 is 1. The van der Waals surface area contributed by atoms with Crippen LogP contribution >= 0.6 is 0 Å². The highest BCUT2D eigenvalue weighted by Gasteiger charge is 2.51. The molecule has 0 spiro atoms. The lowest BCUT2D eigenvalue weighted by molar-refractivity contribution is 0.0471. The van der Waals surface area contributed by atoms with Crippen LogP contribution in [0.3, 0.4) is 0 Å². The van der Waals surface area contributed by atoms with E-state index in [-0.39, 0.29) is 11.5 Å². The standard InChI is InChI=1S/C16H21NO3/c1-15(2)9-20-14(17-15)10-5-8-13(19-4)16(3)11(10)6-7-12(16)18/h5-8,11-12,18H,9H2,1-4H3/t11-,12+,16+/m1/s1. The highest BCUT2D eigenvalue weighted by Crippen LogP contribution is 2.51. The van der Waals surface area contributed by atoms with Crippen molar-refractivity contribution in [3.05, 3.63) is 35.6 Å². The zero-order chi connectivity index (χ0) is 14.5. The molecule has 0 fully saturated rings. The fraction of sp³-hybridized carbons (Fsp3) is 0.562. The van der Waals surface area contributed by atoms with Crippen molar-refractivity contribution in [1.29, 1.82) is 0 Å². The Kier molecular flexibility index (Phi) is 2.83. The molecule has 0 radical (unpaired) electrons. The summed E-state index contributed by atoms with van der Waals surface area (Å²) in [6.07, 6.45) is 7.21. The van der Waals surface area contributed by atoms with E-state index in [9.17, 15) is 5.11 Å². The topological polar surface area (TPSA) is 51.0 Å². The molecule has 108 valence electrons. The van der Waals surface area contributed by atoms with Gasteiger partial charge in [0.05, 0.1) is 24.2 Å². The first-order valence-corrected chi connectivity index (χ1v) is 6.94. The van der Waals surface area contributed by atoms with Gasteiger partial charge in [-0.2, -0.15) is 0 Å². The van der Waals surface area contributed by atoms with Gasteiger partial charge in [0, 0.05) is 11.5 Å². The van der Waals surface area contributed by atoms with Gasteiger partial charge in [0.15, 0.2) is 0 Å². The van der Waals surface area contributed by atoms with Gasteiger partial charge in [0.25, 0.3) is 0 Å². The average Bonchev–Trinajstić information content (AvgIpc) is 2.90. The number of rotatable bonds is 2. The molecule has 2 aliphatic carbocycles. The Morgan fingerprint density at radius 3 is 2.65 bits per heavy atom. The van der Waals surface area contributed by atoms with E-state index in [4.69, 9.17) is 9.47 Å². The summed E-state index contributed by atoms with van der Waals surface area (Å²) in [6, 6.07) is 0. The van der Waals surface area contributed by atoms with E-state index in [2.05, 4.69) is 18.8 Å². The third-order valence-corrected chi connectivity index (χ3v) is 4.46. The van der Waals surface area contributed by atoms with E-state index in [0.717, 1.165) is 11.3 Å². The van der Waals surface area contributed by atoms with E-state index in [0.29, 0.717) is 12.5 Å². The van der Waals surface area contributed by atoms with Crippen LogP contribution in [0.4, 0.5) is 0 Å². The van der Waals surface area contributed by atoms with Gasteiger partial charge in [-0.15, -0.1) is 0 Å². The number of aliphatic imine (C=N–C) groups is 1. The maximum absolute atomic E-state index is 10.3. The zero-order valence-electron chi connectivity index (χ0n) is 12.4. The number of aliphatic hydroxyl groups excluding tert-OH is 1. The van der Waals surface area contributed by atoms with Gasteiger partial charge < -0.3 is 14.6 Å². The van der Waals surface area contributed by atoms with E-state index < -0.39 is 11.5 Å². The fourth-order valence-corrected chi connectivity index (χ4v) is 3.20. The number of fused-ring (bicyclic) bond motifs is 1. The van der Waals surface area contributed by atoms with Gasteiger partial charge in [0.1, 0.15) is 12.4 Å². The lowest BCUT2D eigenvalue weighted by atomic mass is 9.69. The van der Waals surface area contributed by atoms with E-state index in [1.807, 2.05) is 31.2 Å². The second kappa shape index (κ2) is 4.22. The predicted octanol–water partition coefficient (Wildman–Crippen LogP) is 2.22. The Bertz CT molecular complexity index is 556. The Morgan fingerprint density at radius 2 is 2.05 bits per heavy atom. The first-order chi connectivity index (χ1) is 9.38. The maximum atomic E-state index is 10.3. The summed E-state index contributed by atoms with van der Waals surface area (Å²) in [5.74, 6) is 1.52. The molecule has 3 atom stereocenters. The number of hydrogen-bond acceptors (Lipinski definition) is 4. The molecule has 20 heavy (non-hydrogen) atoms. The molecule has 0 amide bonds. The minimum Gasteiger partial charge on any atom is -0.500 e. The Morgan fingerprint density at radius 1 is 1.30 bits per heavy atom. The molecule has 3 rings (SSSR count). The summed E-state index contributed by atoms with van der Waals surface area (Å²) in [4.78, 5) is 4.65. The van der Waals surface area contributed by atoms with Crippen LogP contribution in [0.5, 0.6) is 0 Å². The number of nitrogens with zero attached hydrogens (tertiary/aromatic N) is 1. The molecular weight excluding hydrogens is 254 g/mol. The van der Waals surface area contributed by atoms with Crippen molar-refractivity contribution < 1.29 is 14.6 Å². The van der Waals surface area contributed by atoms with Gasteiger partial charge in [0.2, 0.25) is 5.90 Å². The molecule has 0 saturated carbocycles. The molecule has 0 saturated heterocycles. The molecule has 4 heteroatoms. The molecule has 1 heterocycles. The molecular formula is C16H21NO3. The van der Waals surface area contributed by atoms with Gasteiger partial charge >= 0.3 is 0 Å². The average molecular weight is 275 g/mol. The SMILES string of the molecule is COC1=CC=C(C2=NC(C)(C)CO2)[C@H]2C=C[C@H](O)[C@@]12C. The van der Waals surface area contributed by atoms with Crippen LogP contribution < -0.4 is 0 Å². The summed E-state index contributed by atoms with van der Waals surface area (Å²) in [7, 11) is 1.64. The molecule has 0 aromatic rings. The first kappa shape index (κ1) is 13.4. The number of aliphatic hydroxyl groups is 1. The van der Waals surface area contributed by atoms with Crippen LogP contribution in [0.2, 0.25) is 0 Å². The molecule has 4 nitrogen and oxygen atoms in total. The normalized spacial score (nSPS) is 37.8. The van der Waals surface area contributed by atoms with Gasteiger partial charge in [-0.25, -0.2) is 4.99 Å². The Balaban J connectivity index is 2.04. The Labute approximate surface area is 119 Å². The molecule has 0 unspecified atom stereocenters. The molecule has 0 aromatic carbocycles. The predicted molar refractivity (Wildman–Crippen MR) is 77.4 cm³/mol. The van der Waals surface area contributed by atoms with Gasteiger partial charge in [-0.05, 0) is 32.9 Å². The minimum atomic E-state index is -0.558. The third kappa shape index (κ3) is 1.74. The summed E-state index contributed by atoms with van der Waals surface area (Å²) >= 11 is 0. The summed E-state index contributed by atoms with van der Waals surface area (Å²) in [5.41, 5.74) is 0.364. The minimum absolute atomic E-state index is 0.0325. The molecule has 0 aromatic heterocycles. The number of allylic oxidation sites excluding steroid dienone is 3. The van der Waals surface area contributed by atoms with Crippen LogP contribution in [0.25, 0.3) is 0 Å². The maximum Gasteiger partial charge on any atom is 0.213 e. The van der Waals surface area contributed by atoms with Crippen molar-refractivity contribution in [1.82, 2.24) is 0 Å². The molecule has 1 aliphatic heterocycles. The number of hydrogen-bond donors (Lipinski definition) is 1. The van der Waals surface area contributed by atoms with E-state index >= 15 is 0 Å². The van der Waals surface area contributed by atoms with Crippen LogP contribution in [0.15, 0.2) is 40.6 Å². The molecule has 3 aliphatic rings. The summed E-state index contributed by atoms with van der Waals surface area (Å²) < 4.78 is 11.2. The second-order valence-electron chi connectivity index (χ2n) is 6.47. The van der Waals surface area contributed by atoms with Crippen LogP contribution in [0, 0.1) is 11.3 Å². The van der Waals surface area contributed by atoms with Gasteiger partial charge in [-0.1, -0.05) is 12.2 Å². The van der Waals surface area contributed by atoms with Crippen LogP contribution in [-0.4, -0.2) is 36.4 Å². The largest absolute Gasteiger partial charge is 0.500 e. The summed E-state index contributed by atoms with van der Waals surface area (Å²) in [5, 5.41) is 10.3. The first-order valence-electron chi connectivity index (χ1n) is 6.94. The van der Waals surface area contributed by atoms with E-state index in [1.165, 1.54) is 0 Å². The number of ether oxygens (including phenoxy) is 2. The van der Waals surface area contributed by atoms with Crippen molar-refractivity contribution in [2.45, 2.75) is 32.4 Å². The third-order valence-electron chi connectivity index (χ3n) is 4.46. The second-order valence-corrected chi connectivity index (χ2v) is 6.47. The Hall–Kier alpha value is -1.55. The zero-order valence-corrected chi connectivity index (χ0v) is 12.4. The molecule has 0 bridgehead atoms. The van der Waals surface area contributed by atoms with Gasteiger partial charge in [-0.3, -0.25) is 0 Å². The highest BCUT2D eigenvalue weighted by molar-refractivity contribution is 5.96. The van der Waals surface area contributed by atoms with Crippen molar-refractivity contribution >= 4 is 5.90 Å². The van der Waals surface area contributed by atoms with Crippen molar-refractivity contribution in [2.75, 3.05) is 13.7 Å². The quantitative estimate of drug-likeness (QED) is 0.786.